The van der Waals surface area contributed by atoms with Crippen LogP contribution in [-0.2, 0) is 11.3 Å². The summed E-state index contributed by atoms with van der Waals surface area (Å²) in [6, 6.07) is 3.29. The molecule has 1 unspecified atom stereocenters. The largest absolute Gasteiger partial charge is 0.480 e. The highest BCUT2D eigenvalue weighted by atomic mass is 79.9. The van der Waals surface area contributed by atoms with E-state index in [0.717, 1.165) is 15.6 Å². The summed E-state index contributed by atoms with van der Waals surface area (Å²) in [7, 11) is 3.28. The highest BCUT2D eigenvalue weighted by Gasteiger charge is 2.19. The topological polar surface area (TPSA) is 79.5 Å². The SMILES string of the molecule is CNCc1cc(Br)cc(C)c1OC(C)C(=O)NC(=O)NC. The quantitative estimate of drug-likeness (QED) is 0.749. The van der Waals surface area contributed by atoms with Crippen molar-refractivity contribution in [1.82, 2.24) is 16.0 Å². The molecule has 3 N–H and O–H groups in total. The van der Waals surface area contributed by atoms with E-state index < -0.39 is 18.0 Å². The van der Waals surface area contributed by atoms with E-state index in [0.29, 0.717) is 12.3 Å². The van der Waals surface area contributed by atoms with Crippen LogP contribution in [0.4, 0.5) is 4.79 Å². The van der Waals surface area contributed by atoms with Crippen LogP contribution in [0.15, 0.2) is 16.6 Å². The van der Waals surface area contributed by atoms with E-state index in [1.165, 1.54) is 7.05 Å². The van der Waals surface area contributed by atoms with Crippen LogP contribution in [0.2, 0.25) is 0 Å². The second-order valence-corrected chi connectivity index (χ2v) is 5.49. The summed E-state index contributed by atoms with van der Waals surface area (Å²) < 4.78 is 6.68. The predicted molar refractivity (Wildman–Crippen MR) is 84.3 cm³/mol. The van der Waals surface area contributed by atoms with E-state index in [2.05, 4.69) is 31.9 Å². The lowest BCUT2D eigenvalue weighted by Crippen LogP contribution is -2.44. The van der Waals surface area contributed by atoms with Gasteiger partial charge in [0.25, 0.3) is 5.91 Å². The fraction of sp³-hybridized carbons (Fsp3) is 0.429. The van der Waals surface area contributed by atoms with Gasteiger partial charge in [-0.1, -0.05) is 15.9 Å². The number of nitrogens with one attached hydrogen (secondary N) is 3. The number of hydrogen-bond donors (Lipinski definition) is 3. The predicted octanol–water partition coefficient (Wildman–Crippen LogP) is 1.70. The molecule has 0 aliphatic carbocycles. The molecule has 0 radical (unpaired) electrons. The molecule has 0 aromatic heterocycles. The van der Waals surface area contributed by atoms with E-state index in [1.807, 2.05) is 26.1 Å². The highest BCUT2D eigenvalue weighted by molar-refractivity contribution is 9.10. The molecule has 0 saturated carbocycles. The maximum Gasteiger partial charge on any atom is 0.321 e. The van der Waals surface area contributed by atoms with Gasteiger partial charge in [-0.05, 0) is 38.6 Å². The number of urea groups is 1. The number of aryl methyl sites for hydroxylation is 1. The summed E-state index contributed by atoms with van der Waals surface area (Å²) in [5, 5.41) is 7.57. The molecule has 0 fully saturated rings. The number of benzene rings is 1. The van der Waals surface area contributed by atoms with Crippen LogP contribution >= 0.6 is 15.9 Å². The number of amides is 3. The van der Waals surface area contributed by atoms with Gasteiger partial charge in [0.2, 0.25) is 0 Å². The number of ether oxygens (including phenoxy) is 1. The first-order chi connectivity index (χ1) is 9.88. The first-order valence-electron chi connectivity index (χ1n) is 6.51. The molecule has 0 aliphatic heterocycles. The van der Waals surface area contributed by atoms with Gasteiger partial charge in [-0.25, -0.2) is 4.79 Å². The van der Waals surface area contributed by atoms with Crippen molar-refractivity contribution < 1.29 is 14.3 Å². The first-order valence-corrected chi connectivity index (χ1v) is 7.31. The third-order valence-electron chi connectivity index (χ3n) is 2.81. The van der Waals surface area contributed by atoms with E-state index in [-0.39, 0.29) is 0 Å². The Bertz CT molecular complexity index is 534. The lowest BCUT2D eigenvalue weighted by molar-refractivity contribution is -0.126. The van der Waals surface area contributed by atoms with Crippen LogP contribution in [0.5, 0.6) is 5.75 Å². The molecule has 1 aromatic rings. The molecule has 0 spiro atoms. The van der Waals surface area contributed by atoms with Crippen LogP contribution in [0.3, 0.4) is 0 Å². The molecule has 21 heavy (non-hydrogen) atoms. The number of rotatable bonds is 5. The van der Waals surface area contributed by atoms with E-state index >= 15 is 0 Å². The molecule has 0 bridgehead atoms. The van der Waals surface area contributed by atoms with Crippen LogP contribution in [-0.4, -0.2) is 32.1 Å². The van der Waals surface area contributed by atoms with Crippen molar-refractivity contribution >= 4 is 27.9 Å². The van der Waals surface area contributed by atoms with Crippen LogP contribution in [0.25, 0.3) is 0 Å². The normalized spacial score (nSPS) is 11.7. The molecule has 0 heterocycles. The molecule has 0 saturated heterocycles. The third-order valence-corrected chi connectivity index (χ3v) is 3.27. The number of carbonyl (C=O) groups is 2. The fourth-order valence-corrected chi connectivity index (χ4v) is 2.42. The maximum absolute atomic E-state index is 11.8. The molecule has 7 heteroatoms. The number of carbonyl (C=O) groups excluding carboxylic acids is 2. The Morgan fingerprint density at radius 1 is 1.33 bits per heavy atom. The Balaban J connectivity index is 2.91. The summed E-state index contributed by atoms with van der Waals surface area (Å²) in [5.74, 6) is 0.152. The van der Waals surface area contributed by atoms with Crippen LogP contribution in [0, 0.1) is 6.92 Å². The maximum atomic E-state index is 11.8. The minimum absolute atomic E-state index is 0.493. The zero-order chi connectivity index (χ0) is 16.0. The van der Waals surface area contributed by atoms with Gasteiger partial charge in [-0.15, -0.1) is 0 Å². The van der Waals surface area contributed by atoms with Gasteiger partial charge in [0.1, 0.15) is 5.75 Å². The average molecular weight is 358 g/mol. The van der Waals surface area contributed by atoms with E-state index in [1.54, 1.807) is 6.92 Å². The highest BCUT2D eigenvalue weighted by Crippen LogP contribution is 2.29. The average Bonchev–Trinajstić information content (AvgIpc) is 2.42. The molecule has 6 nitrogen and oxygen atoms in total. The zero-order valence-corrected chi connectivity index (χ0v) is 14.1. The van der Waals surface area contributed by atoms with Gasteiger partial charge in [-0.2, -0.15) is 0 Å². The van der Waals surface area contributed by atoms with Crippen molar-refractivity contribution in [1.29, 1.82) is 0 Å². The molecular weight excluding hydrogens is 338 g/mol. The standard InChI is InChI=1S/C14H20BrN3O3/c1-8-5-11(15)6-10(7-16-3)12(8)21-9(2)13(19)18-14(20)17-4/h5-6,9,16H,7H2,1-4H3,(H2,17,18,19,20). The summed E-state index contributed by atoms with van der Waals surface area (Å²) >= 11 is 3.44. The second-order valence-electron chi connectivity index (χ2n) is 4.57. The Hall–Kier alpha value is -1.60. The molecule has 116 valence electrons. The molecule has 0 aliphatic rings. The number of halogens is 1. The van der Waals surface area contributed by atoms with Crippen LogP contribution < -0.4 is 20.7 Å². The zero-order valence-electron chi connectivity index (χ0n) is 12.5. The molecule has 3 amide bonds. The number of imide groups is 1. The van der Waals surface area contributed by atoms with Gasteiger partial charge < -0.3 is 15.4 Å². The molecule has 1 atom stereocenters. The Morgan fingerprint density at radius 2 is 2.00 bits per heavy atom. The van der Waals surface area contributed by atoms with Crippen molar-refractivity contribution in [2.24, 2.45) is 0 Å². The van der Waals surface area contributed by atoms with E-state index in [9.17, 15) is 9.59 Å². The fourth-order valence-electron chi connectivity index (χ4n) is 1.80. The smallest absolute Gasteiger partial charge is 0.321 e. The molecule has 1 rings (SSSR count). The van der Waals surface area contributed by atoms with Gasteiger partial charge in [0.15, 0.2) is 6.10 Å². The first kappa shape index (κ1) is 17.5. The summed E-state index contributed by atoms with van der Waals surface area (Å²) in [6.07, 6.45) is -0.780. The summed E-state index contributed by atoms with van der Waals surface area (Å²) in [6.45, 7) is 4.12. The number of hydrogen-bond acceptors (Lipinski definition) is 4. The Kier molecular flexibility index (Phi) is 6.64. The Labute approximate surface area is 132 Å². The van der Waals surface area contributed by atoms with Gasteiger partial charge >= 0.3 is 6.03 Å². The minimum Gasteiger partial charge on any atom is -0.480 e. The van der Waals surface area contributed by atoms with Gasteiger partial charge in [0.05, 0.1) is 0 Å². The van der Waals surface area contributed by atoms with Crippen LogP contribution in [0.1, 0.15) is 18.1 Å². The van der Waals surface area contributed by atoms with Crippen molar-refractivity contribution in [2.45, 2.75) is 26.5 Å². The van der Waals surface area contributed by atoms with Crippen molar-refractivity contribution in [3.8, 4) is 5.75 Å². The molecular formula is C14H20BrN3O3. The summed E-state index contributed by atoms with van der Waals surface area (Å²) in [5.41, 5.74) is 1.85. The summed E-state index contributed by atoms with van der Waals surface area (Å²) in [4.78, 5) is 23.0. The Morgan fingerprint density at radius 3 is 2.57 bits per heavy atom. The molecule has 1 aromatic carbocycles. The minimum atomic E-state index is -0.780. The van der Waals surface area contributed by atoms with Crippen molar-refractivity contribution in [3.05, 3.63) is 27.7 Å². The van der Waals surface area contributed by atoms with Gasteiger partial charge in [-0.3, -0.25) is 10.1 Å². The van der Waals surface area contributed by atoms with E-state index in [4.69, 9.17) is 4.74 Å². The van der Waals surface area contributed by atoms with Gasteiger partial charge in [0, 0.05) is 23.6 Å². The monoisotopic (exact) mass is 357 g/mol. The lowest BCUT2D eigenvalue weighted by Gasteiger charge is -2.19. The lowest BCUT2D eigenvalue weighted by atomic mass is 10.1. The van der Waals surface area contributed by atoms with Crippen molar-refractivity contribution in [2.75, 3.05) is 14.1 Å². The third kappa shape index (κ3) is 5.02. The second kappa shape index (κ2) is 7.99. The van der Waals surface area contributed by atoms with Crippen molar-refractivity contribution in [3.63, 3.8) is 0 Å².